The number of aliphatic hydroxyl groups is 1. The first-order valence-electron chi connectivity index (χ1n) is 8.43. The number of hydrogen-bond donors (Lipinski definition) is 1. The van der Waals surface area contributed by atoms with E-state index < -0.39 is 0 Å². The predicted octanol–water partition coefficient (Wildman–Crippen LogP) is 2.62. The Morgan fingerprint density at radius 3 is 2.92 bits per heavy atom. The van der Waals surface area contributed by atoms with Crippen LogP contribution in [0.25, 0.3) is 0 Å². The monoisotopic (exact) mass is 331 g/mol. The first-order chi connectivity index (χ1) is 11.5. The molecule has 0 aromatic carbocycles. The fourth-order valence-corrected chi connectivity index (χ4v) is 2.85. The van der Waals surface area contributed by atoms with Crippen LogP contribution in [0, 0.1) is 24.7 Å². The van der Waals surface area contributed by atoms with Crippen LogP contribution in [0.2, 0.25) is 0 Å². The molecule has 0 spiro atoms. The van der Waals surface area contributed by atoms with Gasteiger partial charge in [0, 0.05) is 17.3 Å². The third-order valence-corrected chi connectivity index (χ3v) is 3.93. The quantitative estimate of drug-likeness (QED) is 0.678. The molecule has 0 bridgehead atoms. The number of rotatable bonds is 4. The molecule has 1 aromatic heterocycles. The molecule has 1 aliphatic carbocycles. The Balaban J connectivity index is 1.99. The van der Waals surface area contributed by atoms with Crippen LogP contribution in [0.15, 0.2) is 12.3 Å². The lowest BCUT2D eigenvalue weighted by atomic mass is 9.87. The van der Waals surface area contributed by atoms with Crippen molar-refractivity contribution in [2.24, 2.45) is 5.92 Å². The minimum atomic E-state index is -0.173. The Bertz CT molecular complexity index is 630. The minimum absolute atomic E-state index is 0.0240. The molecule has 1 fully saturated rings. The summed E-state index contributed by atoms with van der Waals surface area (Å²) in [5, 5.41) is 8.74. The number of aryl methyl sites for hydroxylation is 1. The van der Waals surface area contributed by atoms with Crippen LogP contribution >= 0.6 is 0 Å². The van der Waals surface area contributed by atoms with E-state index in [-0.39, 0.29) is 30.7 Å². The van der Waals surface area contributed by atoms with Crippen LogP contribution in [0.3, 0.4) is 0 Å². The van der Waals surface area contributed by atoms with Gasteiger partial charge in [-0.15, -0.1) is 0 Å². The molecule has 0 saturated heterocycles. The molecule has 1 aromatic rings. The second-order valence-electron chi connectivity index (χ2n) is 6.39. The summed E-state index contributed by atoms with van der Waals surface area (Å²) in [5.74, 6) is 5.78. The number of carbonyl (C=O) groups excluding carboxylic acids is 1. The molecule has 0 radical (unpaired) electrons. The van der Waals surface area contributed by atoms with Crippen LogP contribution < -0.4 is 4.74 Å². The zero-order valence-electron chi connectivity index (χ0n) is 14.5. The topological polar surface area (TPSA) is 68.7 Å². The Morgan fingerprint density at radius 1 is 1.46 bits per heavy atom. The highest BCUT2D eigenvalue weighted by atomic mass is 16.5. The van der Waals surface area contributed by atoms with Crippen molar-refractivity contribution in [2.75, 3.05) is 6.61 Å². The third kappa shape index (κ3) is 5.24. The summed E-state index contributed by atoms with van der Waals surface area (Å²) < 4.78 is 11.3. The van der Waals surface area contributed by atoms with Gasteiger partial charge in [-0.05, 0) is 52.5 Å². The molecule has 0 amide bonds. The molecule has 2 atom stereocenters. The van der Waals surface area contributed by atoms with E-state index in [0.717, 1.165) is 30.4 Å². The highest BCUT2D eigenvalue weighted by molar-refractivity contribution is 5.72. The maximum atomic E-state index is 12.1. The number of nitrogens with zero attached hydrogens (tertiary/aromatic N) is 1. The van der Waals surface area contributed by atoms with Gasteiger partial charge in [0.15, 0.2) is 0 Å². The summed E-state index contributed by atoms with van der Waals surface area (Å²) in [6, 6.07) is 1.89. The van der Waals surface area contributed by atoms with Gasteiger partial charge in [0.2, 0.25) is 5.88 Å². The molecule has 5 heteroatoms. The first kappa shape index (κ1) is 18.3. The number of carbonyl (C=O) groups is 1. The normalized spacial score (nSPS) is 20.2. The van der Waals surface area contributed by atoms with E-state index in [1.807, 2.05) is 26.8 Å². The molecular formula is C19H25NO4. The summed E-state index contributed by atoms with van der Waals surface area (Å²) in [4.78, 5) is 16.4. The lowest BCUT2D eigenvalue weighted by molar-refractivity contribution is -0.154. The molecule has 5 nitrogen and oxygen atoms in total. The largest absolute Gasteiger partial charge is 0.474 e. The van der Waals surface area contributed by atoms with E-state index in [1.165, 1.54) is 0 Å². The van der Waals surface area contributed by atoms with E-state index in [4.69, 9.17) is 14.6 Å². The van der Waals surface area contributed by atoms with Crippen molar-refractivity contribution in [3.63, 3.8) is 0 Å². The second-order valence-corrected chi connectivity index (χ2v) is 6.39. The smallest absolute Gasteiger partial charge is 0.309 e. The number of hydrogen-bond acceptors (Lipinski definition) is 5. The zero-order valence-corrected chi connectivity index (χ0v) is 14.5. The summed E-state index contributed by atoms with van der Waals surface area (Å²) in [5.41, 5.74) is 1.64. The van der Waals surface area contributed by atoms with E-state index in [9.17, 15) is 4.79 Å². The summed E-state index contributed by atoms with van der Waals surface area (Å²) >= 11 is 0. The van der Waals surface area contributed by atoms with E-state index >= 15 is 0 Å². The average molecular weight is 331 g/mol. The fourth-order valence-electron chi connectivity index (χ4n) is 2.85. The molecule has 1 aliphatic rings. The van der Waals surface area contributed by atoms with Gasteiger partial charge >= 0.3 is 5.97 Å². The van der Waals surface area contributed by atoms with Gasteiger partial charge in [0.05, 0.1) is 12.0 Å². The Kier molecular flexibility index (Phi) is 6.62. The maximum Gasteiger partial charge on any atom is 0.309 e. The van der Waals surface area contributed by atoms with Crippen molar-refractivity contribution < 1.29 is 19.4 Å². The highest BCUT2D eigenvalue weighted by Gasteiger charge is 2.30. The van der Waals surface area contributed by atoms with Crippen LogP contribution in [-0.2, 0) is 9.53 Å². The van der Waals surface area contributed by atoms with Crippen LogP contribution in [0.5, 0.6) is 5.88 Å². The molecule has 1 heterocycles. The van der Waals surface area contributed by atoms with Crippen LogP contribution in [0.1, 0.15) is 50.7 Å². The molecule has 0 unspecified atom stereocenters. The van der Waals surface area contributed by atoms with Crippen LogP contribution in [-0.4, -0.2) is 34.9 Å². The van der Waals surface area contributed by atoms with Crippen molar-refractivity contribution in [3.8, 4) is 17.7 Å². The Morgan fingerprint density at radius 2 is 2.25 bits per heavy atom. The second kappa shape index (κ2) is 8.70. The third-order valence-electron chi connectivity index (χ3n) is 3.93. The average Bonchev–Trinajstić information content (AvgIpc) is 2.55. The van der Waals surface area contributed by atoms with Gasteiger partial charge < -0.3 is 14.6 Å². The zero-order chi connectivity index (χ0) is 17.5. The van der Waals surface area contributed by atoms with Crippen LogP contribution in [0.4, 0.5) is 0 Å². The Hall–Kier alpha value is -2.06. The van der Waals surface area contributed by atoms with Gasteiger partial charge in [-0.2, -0.15) is 0 Å². The summed E-state index contributed by atoms with van der Waals surface area (Å²) in [7, 11) is 0. The van der Waals surface area contributed by atoms with Gasteiger partial charge in [-0.3, -0.25) is 4.79 Å². The molecule has 130 valence electrons. The number of ether oxygens (including phenoxy) is 2. The predicted molar refractivity (Wildman–Crippen MR) is 90.5 cm³/mol. The van der Waals surface area contributed by atoms with Crippen molar-refractivity contribution in [1.82, 2.24) is 4.98 Å². The molecule has 0 aliphatic heterocycles. The number of aliphatic hydroxyl groups excluding tert-OH is 1. The van der Waals surface area contributed by atoms with Crippen molar-refractivity contribution >= 4 is 5.97 Å². The summed E-state index contributed by atoms with van der Waals surface area (Å²) in [6.07, 6.45) is 4.91. The molecule has 24 heavy (non-hydrogen) atoms. The SMILES string of the molecule is Cc1cc(C#CCO)cnc1O[C@H]1CCC[C@H](C(=O)OC(C)C)C1. The Labute approximate surface area is 143 Å². The lowest BCUT2D eigenvalue weighted by Gasteiger charge is -2.28. The maximum absolute atomic E-state index is 12.1. The van der Waals surface area contributed by atoms with Crippen molar-refractivity contribution in [1.29, 1.82) is 0 Å². The number of aromatic nitrogens is 1. The summed E-state index contributed by atoms with van der Waals surface area (Å²) in [6.45, 7) is 5.47. The molecular weight excluding hydrogens is 306 g/mol. The van der Waals surface area contributed by atoms with Gasteiger partial charge in [-0.25, -0.2) is 4.98 Å². The molecule has 1 saturated carbocycles. The number of esters is 1. The first-order valence-corrected chi connectivity index (χ1v) is 8.43. The molecule has 2 rings (SSSR count). The standard InChI is InChI=1S/C19H25NO4/c1-13(2)23-19(22)16-7-4-8-17(11-16)24-18-14(3)10-15(12-20-18)6-5-9-21/h10,12-13,16-17,21H,4,7-9,11H2,1-3H3/t16-,17-/m0/s1. The minimum Gasteiger partial charge on any atom is -0.474 e. The fraction of sp³-hybridized carbons (Fsp3) is 0.579. The highest BCUT2D eigenvalue weighted by Crippen LogP contribution is 2.29. The van der Waals surface area contributed by atoms with E-state index in [2.05, 4.69) is 16.8 Å². The lowest BCUT2D eigenvalue weighted by Crippen LogP contribution is -2.32. The van der Waals surface area contributed by atoms with E-state index in [1.54, 1.807) is 6.20 Å². The van der Waals surface area contributed by atoms with E-state index in [0.29, 0.717) is 12.3 Å². The van der Waals surface area contributed by atoms with Gasteiger partial charge in [0.25, 0.3) is 0 Å². The number of pyridine rings is 1. The van der Waals surface area contributed by atoms with Crippen molar-refractivity contribution in [2.45, 2.75) is 58.7 Å². The van der Waals surface area contributed by atoms with Crippen molar-refractivity contribution in [3.05, 3.63) is 23.4 Å². The van der Waals surface area contributed by atoms with Gasteiger partial charge in [0.1, 0.15) is 12.7 Å². The van der Waals surface area contributed by atoms with Gasteiger partial charge in [-0.1, -0.05) is 11.8 Å². The molecule has 1 N–H and O–H groups in total.